The molecule has 0 atom stereocenters. The summed E-state index contributed by atoms with van der Waals surface area (Å²) in [6.07, 6.45) is 4.48. The number of amides is 1. The summed E-state index contributed by atoms with van der Waals surface area (Å²) in [5, 5.41) is 11.7. The normalized spacial score (nSPS) is 11.0. The van der Waals surface area contributed by atoms with E-state index in [1.807, 2.05) is 36.4 Å². The van der Waals surface area contributed by atoms with Crippen LogP contribution in [0.2, 0.25) is 0 Å². The van der Waals surface area contributed by atoms with Crippen molar-refractivity contribution in [2.45, 2.75) is 23.9 Å². The molecule has 2 aromatic carbocycles. The molecule has 6 nitrogen and oxygen atoms in total. The molecule has 0 unspecified atom stereocenters. The van der Waals surface area contributed by atoms with Gasteiger partial charge >= 0.3 is 0 Å². The number of benzene rings is 2. The molecule has 0 aliphatic heterocycles. The second kappa shape index (κ2) is 8.75. The van der Waals surface area contributed by atoms with Crippen LogP contribution >= 0.6 is 11.8 Å². The first-order chi connectivity index (χ1) is 13.8. The molecular weight excluding hydrogens is 370 g/mol. The standard InChI is InChI=1S/C21H21N5OS/c27-20(18-8-6-16(7-9-18)14-28-21-23-15-24-25-21)22-11-3-12-26-13-10-17-4-1-2-5-19(17)26/h1-2,4-10,13,15H,3,11-12,14H2,(H,22,27)(H,23,24,25). The van der Waals surface area contributed by atoms with Crippen molar-refractivity contribution in [3.63, 3.8) is 0 Å². The Bertz CT molecular complexity index is 1040. The van der Waals surface area contributed by atoms with Gasteiger partial charge in [-0.3, -0.25) is 9.89 Å². The van der Waals surface area contributed by atoms with E-state index < -0.39 is 0 Å². The molecule has 0 saturated carbocycles. The number of nitrogens with one attached hydrogen (secondary N) is 2. The van der Waals surface area contributed by atoms with Gasteiger partial charge in [0.25, 0.3) is 5.91 Å². The van der Waals surface area contributed by atoms with Crippen LogP contribution in [0.15, 0.2) is 72.3 Å². The fourth-order valence-corrected chi connectivity index (χ4v) is 3.79. The van der Waals surface area contributed by atoms with Crippen LogP contribution in [-0.2, 0) is 12.3 Å². The van der Waals surface area contributed by atoms with Gasteiger partial charge in [-0.15, -0.1) is 0 Å². The highest BCUT2D eigenvalue weighted by atomic mass is 32.2. The fraction of sp³-hybridized carbons (Fsp3) is 0.190. The molecule has 1 amide bonds. The van der Waals surface area contributed by atoms with Gasteiger partial charge in [-0.05, 0) is 41.6 Å². The van der Waals surface area contributed by atoms with Gasteiger partial charge in [0.2, 0.25) is 0 Å². The van der Waals surface area contributed by atoms with E-state index in [2.05, 4.69) is 49.5 Å². The van der Waals surface area contributed by atoms with Crippen molar-refractivity contribution in [1.29, 1.82) is 0 Å². The molecule has 0 radical (unpaired) electrons. The predicted molar refractivity (Wildman–Crippen MR) is 111 cm³/mol. The van der Waals surface area contributed by atoms with Gasteiger partial charge in [-0.1, -0.05) is 42.1 Å². The van der Waals surface area contributed by atoms with Crippen molar-refractivity contribution >= 4 is 28.6 Å². The molecule has 0 fully saturated rings. The minimum absolute atomic E-state index is 0.0354. The molecule has 0 aliphatic rings. The number of carbonyl (C=O) groups excluding carboxylic acids is 1. The third kappa shape index (κ3) is 4.43. The molecule has 142 valence electrons. The van der Waals surface area contributed by atoms with Crippen molar-refractivity contribution in [2.24, 2.45) is 0 Å². The van der Waals surface area contributed by atoms with Crippen LogP contribution in [-0.4, -0.2) is 32.2 Å². The van der Waals surface area contributed by atoms with Gasteiger partial charge in [0, 0.05) is 36.1 Å². The van der Waals surface area contributed by atoms with Crippen LogP contribution in [0, 0.1) is 0 Å². The highest BCUT2D eigenvalue weighted by Crippen LogP contribution is 2.18. The van der Waals surface area contributed by atoms with Crippen LogP contribution in [0.5, 0.6) is 0 Å². The topological polar surface area (TPSA) is 75.6 Å². The van der Waals surface area contributed by atoms with Crippen molar-refractivity contribution in [1.82, 2.24) is 25.1 Å². The number of fused-ring (bicyclic) bond motifs is 1. The summed E-state index contributed by atoms with van der Waals surface area (Å²) in [5.74, 6) is 0.744. The molecule has 0 spiro atoms. The number of thioether (sulfide) groups is 1. The van der Waals surface area contributed by atoms with Gasteiger partial charge < -0.3 is 9.88 Å². The van der Waals surface area contributed by atoms with E-state index >= 15 is 0 Å². The lowest BCUT2D eigenvalue weighted by molar-refractivity contribution is 0.0953. The quantitative estimate of drug-likeness (QED) is 0.353. The average molecular weight is 392 g/mol. The molecule has 2 aromatic heterocycles. The van der Waals surface area contributed by atoms with Crippen molar-refractivity contribution in [2.75, 3.05) is 6.54 Å². The first-order valence-electron chi connectivity index (χ1n) is 9.19. The Balaban J connectivity index is 1.23. The number of carbonyl (C=O) groups is 1. The molecule has 4 rings (SSSR count). The maximum Gasteiger partial charge on any atom is 0.251 e. The number of H-pyrrole nitrogens is 1. The molecule has 4 aromatic rings. The lowest BCUT2D eigenvalue weighted by Crippen LogP contribution is -2.25. The van der Waals surface area contributed by atoms with E-state index in [0.717, 1.165) is 29.4 Å². The van der Waals surface area contributed by atoms with E-state index in [9.17, 15) is 4.79 Å². The van der Waals surface area contributed by atoms with Gasteiger partial charge in [-0.2, -0.15) is 5.10 Å². The van der Waals surface area contributed by atoms with E-state index in [-0.39, 0.29) is 5.91 Å². The van der Waals surface area contributed by atoms with Gasteiger partial charge in [0.1, 0.15) is 6.33 Å². The maximum absolute atomic E-state index is 12.3. The minimum atomic E-state index is -0.0354. The lowest BCUT2D eigenvalue weighted by Gasteiger charge is -2.08. The average Bonchev–Trinajstić information content (AvgIpc) is 3.40. The predicted octanol–water partition coefficient (Wildman–Crippen LogP) is 3.87. The van der Waals surface area contributed by atoms with Crippen LogP contribution in [0.4, 0.5) is 0 Å². The van der Waals surface area contributed by atoms with E-state index in [4.69, 9.17) is 0 Å². The Morgan fingerprint density at radius 2 is 1.96 bits per heavy atom. The number of para-hydroxylation sites is 1. The zero-order valence-corrected chi connectivity index (χ0v) is 16.2. The number of nitrogens with zero attached hydrogens (tertiary/aromatic N) is 3. The van der Waals surface area contributed by atoms with E-state index in [1.165, 1.54) is 17.2 Å². The van der Waals surface area contributed by atoms with Crippen molar-refractivity contribution in [3.05, 3.63) is 78.2 Å². The summed E-state index contributed by atoms with van der Waals surface area (Å²) in [6.45, 7) is 1.53. The molecule has 2 heterocycles. The Morgan fingerprint density at radius 3 is 2.79 bits per heavy atom. The van der Waals surface area contributed by atoms with Crippen LogP contribution < -0.4 is 5.32 Å². The van der Waals surface area contributed by atoms with Gasteiger partial charge in [-0.25, -0.2) is 4.98 Å². The van der Waals surface area contributed by atoms with Crippen molar-refractivity contribution in [3.8, 4) is 0 Å². The number of hydrogen-bond donors (Lipinski definition) is 2. The summed E-state index contributed by atoms with van der Waals surface area (Å²) < 4.78 is 2.22. The van der Waals surface area contributed by atoms with E-state index in [0.29, 0.717) is 12.1 Å². The monoisotopic (exact) mass is 391 g/mol. The largest absolute Gasteiger partial charge is 0.352 e. The fourth-order valence-electron chi connectivity index (χ4n) is 3.06. The zero-order valence-electron chi connectivity index (χ0n) is 15.3. The number of hydrogen-bond acceptors (Lipinski definition) is 4. The van der Waals surface area contributed by atoms with Crippen LogP contribution in [0.25, 0.3) is 10.9 Å². The zero-order chi connectivity index (χ0) is 19.2. The smallest absolute Gasteiger partial charge is 0.251 e. The molecular formula is C21H21N5OS. The summed E-state index contributed by atoms with van der Waals surface area (Å²) in [5.41, 5.74) is 3.05. The summed E-state index contributed by atoms with van der Waals surface area (Å²) in [6, 6.07) is 18.1. The Morgan fingerprint density at radius 1 is 1.11 bits per heavy atom. The highest BCUT2D eigenvalue weighted by molar-refractivity contribution is 7.98. The summed E-state index contributed by atoms with van der Waals surface area (Å²) in [4.78, 5) is 16.4. The molecule has 7 heteroatoms. The molecule has 0 aliphatic carbocycles. The number of rotatable bonds is 8. The lowest BCUT2D eigenvalue weighted by atomic mass is 10.1. The Kier molecular flexibility index (Phi) is 5.72. The third-order valence-corrected chi connectivity index (χ3v) is 5.47. The number of aryl methyl sites for hydroxylation is 1. The SMILES string of the molecule is O=C(NCCCn1ccc2ccccc21)c1ccc(CSc2ncn[nH]2)cc1. The van der Waals surface area contributed by atoms with Crippen LogP contribution in [0.1, 0.15) is 22.3 Å². The van der Waals surface area contributed by atoms with Gasteiger partial charge in [0.15, 0.2) is 5.16 Å². The van der Waals surface area contributed by atoms with Gasteiger partial charge in [0.05, 0.1) is 0 Å². The summed E-state index contributed by atoms with van der Waals surface area (Å²) in [7, 11) is 0. The molecule has 2 N–H and O–H groups in total. The first kappa shape index (κ1) is 18.3. The number of aromatic amines is 1. The number of aromatic nitrogens is 4. The van der Waals surface area contributed by atoms with Crippen LogP contribution in [0.3, 0.4) is 0 Å². The molecule has 28 heavy (non-hydrogen) atoms. The third-order valence-electron chi connectivity index (χ3n) is 4.53. The second-order valence-electron chi connectivity index (χ2n) is 6.45. The first-order valence-corrected chi connectivity index (χ1v) is 10.2. The second-order valence-corrected chi connectivity index (χ2v) is 7.42. The highest BCUT2D eigenvalue weighted by Gasteiger charge is 2.06. The van der Waals surface area contributed by atoms with Crippen molar-refractivity contribution < 1.29 is 4.79 Å². The maximum atomic E-state index is 12.3. The molecule has 0 bridgehead atoms. The minimum Gasteiger partial charge on any atom is -0.352 e. The summed E-state index contributed by atoms with van der Waals surface area (Å²) >= 11 is 1.58. The Labute approximate surface area is 167 Å². The van der Waals surface area contributed by atoms with E-state index in [1.54, 1.807) is 11.8 Å². The molecule has 0 saturated heterocycles. The Hall–Kier alpha value is -3.06.